The summed E-state index contributed by atoms with van der Waals surface area (Å²) in [5, 5.41) is 6.60. The van der Waals surface area contributed by atoms with Gasteiger partial charge in [0.2, 0.25) is 0 Å². The fourth-order valence-corrected chi connectivity index (χ4v) is 2.68. The number of aromatic nitrogens is 1. The van der Waals surface area contributed by atoms with Crippen molar-refractivity contribution in [3.8, 4) is 0 Å². The molecule has 0 aromatic carbocycles. The highest BCUT2D eigenvalue weighted by molar-refractivity contribution is 7.09. The van der Waals surface area contributed by atoms with Crippen molar-refractivity contribution in [1.29, 1.82) is 0 Å². The second kappa shape index (κ2) is 6.99. The van der Waals surface area contributed by atoms with E-state index < -0.39 is 0 Å². The number of hydrogen-bond donors (Lipinski definition) is 1. The van der Waals surface area contributed by atoms with Crippen molar-refractivity contribution in [2.24, 2.45) is 0 Å². The van der Waals surface area contributed by atoms with E-state index in [9.17, 15) is 0 Å². The molecule has 0 fully saturated rings. The average molecular weight is 242 g/mol. The summed E-state index contributed by atoms with van der Waals surface area (Å²) in [6.45, 7) is 7.39. The van der Waals surface area contributed by atoms with Gasteiger partial charge in [0, 0.05) is 18.5 Å². The van der Waals surface area contributed by atoms with E-state index in [-0.39, 0.29) is 6.10 Å². The van der Waals surface area contributed by atoms with Crippen LogP contribution >= 0.6 is 11.3 Å². The smallest absolute Gasteiger partial charge is 0.122 e. The van der Waals surface area contributed by atoms with Crippen molar-refractivity contribution >= 4 is 11.3 Å². The monoisotopic (exact) mass is 242 g/mol. The van der Waals surface area contributed by atoms with Gasteiger partial charge in [-0.3, -0.25) is 0 Å². The lowest BCUT2D eigenvalue weighted by molar-refractivity contribution is 0.0946. The highest BCUT2D eigenvalue weighted by atomic mass is 32.1. The zero-order chi connectivity index (χ0) is 12.0. The maximum Gasteiger partial charge on any atom is 0.122 e. The van der Waals surface area contributed by atoms with E-state index in [1.165, 1.54) is 0 Å². The molecular weight excluding hydrogens is 220 g/mol. The Kier molecular flexibility index (Phi) is 5.95. The lowest BCUT2D eigenvalue weighted by atomic mass is 10.2. The molecule has 0 aliphatic rings. The number of thiazole rings is 1. The molecule has 0 radical (unpaired) electrons. The van der Waals surface area contributed by atoms with Crippen molar-refractivity contribution in [2.75, 3.05) is 13.7 Å². The summed E-state index contributed by atoms with van der Waals surface area (Å²) in [7, 11) is 1.76. The second-order valence-electron chi connectivity index (χ2n) is 3.90. The number of nitrogens with one attached hydrogen (secondary N) is 1. The first-order valence-corrected chi connectivity index (χ1v) is 6.82. The molecule has 2 unspecified atom stereocenters. The summed E-state index contributed by atoms with van der Waals surface area (Å²) in [5.74, 6) is 0. The van der Waals surface area contributed by atoms with Crippen LogP contribution in [0.25, 0.3) is 0 Å². The molecule has 2 atom stereocenters. The quantitative estimate of drug-likeness (QED) is 0.796. The summed E-state index contributed by atoms with van der Waals surface area (Å²) < 4.78 is 5.46. The SMILES string of the molecule is CCCC(OC)c1nc(C(C)NCC)cs1. The van der Waals surface area contributed by atoms with Crippen LogP contribution in [-0.2, 0) is 4.74 Å². The summed E-state index contributed by atoms with van der Waals surface area (Å²) in [4.78, 5) is 4.65. The zero-order valence-electron chi connectivity index (χ0n) is 10.6. The van der Waals surface area contributed by atoms with Crippen LogP contribution < -0.4 is 5.32 Å². The van der Waals surface area contributed by atoms with Gasteiger partial charge in [0.05, 0.1) is 5.69 Å². The molecule has 3 nitrogen and oxygen atoms in total. The van der Waals surface area contributed by atoms with Crippen LogP contribution in [0, 0.1) is 0 Å². The number of hydrogen-bond acceptors (Lipinski definition) is 4. The van der Waals surface area contributed by atoms with Crippen LogP contribution in [0.1, 0.15) is 56.5 Å². The third kappa shape index (κ3) is 3.54. The Morgan fingerprint density at radius 3 is 2.81 bits per heavy atom. The van der Waals surface area contributed by atoms with Crippen molar-refractivity contribution in [2.45, 2.75) is 45.8 Å². The largest absolute Gasteiger partial charge is 0.374 e. The van der Waals surface area contributed by atoms with Crippen molar-refractivity contribution in [1.82, 2.24) is 10.3 Å². The summed E-state index contributed by atoms with van der Waals surface area (Å²) in [6, 6.07) is 0.328. The molecule has 0 saturated heterocycles. The topological polar surface area (TPSA) is 34.1 Å². The molecule has 92 valence electrons. The molecule has 1 heterocycles. The first-order valence-electron chi connectivity index (χ1n) is 5.94. The molecule has 1 rings (SSSR count). The summed E-state index contributed by atoms with van der Waals surface area (Å²) >= 11 is 1.70. The summed E-state index contributed by atoms with van der Waals surface area (Å²) in [6.07, 6.45) is 2.33. The van der Waals surface area contributed by atoms with Gasteiger partial charge in [0.1, 0.15) is 11.1 Å². The average Bonchev–Trinajstić information content (AvgIpc) is 2.75. The molecular formula is C12H22N2OS. The Bertz CT molecular complexity index is 301. The van der Waals surface area contributed by atoms with Crippen LogP contribution in [0.4, 0.5) is 0 Å². The van der Waals surface area contributed by atoms with Crippen molar-refractivity contribution in [3.63, 3.8) is 0 Å². The molecule has 1 aromatic rings. The molecule has 0 bridgehead atoms. The van der Waals surface area contributed by atoms with E-state index in [1.54, 1.807) is 18.4 Å². The Morgan fingerprint density at radius 1 is 1.50 bits per heavy atom. The number of nitrogens with zero attached hydrogens (tertiary/aromatic N) is 1. The van der Waals surface area contributed by atoms with E-state index in [2.05, 4.69) is 36.5 Å². The summed E-state index contributed by atoms with van der Waals surface area (Å²) in [5.41, 5.74) is 1.13. The molecule has 0 saturated carbocycles. The molecule has 0 amide bonds. The van der Waals surface area contributed by atoms with Crippen LogP contribution in [0.15, 0.2) is 5.38 Å². The maximum absolute atomic E-state index is 5.46. The Hall–Kier alpha value is -0.450. The third-order valence-electron chi connectivity index (χ3n) is 2.60. The molecule has 1 aromatic heterocycles. The van der Waals surface area contributed by atoms with Gasteiger partial charge in [-0.05, 0) is 19.9 Å². The van der Waals surface area contributed by atoms with Gasteiger partial charge in [0.25, 0.3) is 0 Å². The zero-order valence-corrected chi connectivity index (χ0v) is 11.4. The number of methoxy groups -OCH3 is 1. The fourth-order valence-electron chi connectivity index (χ4n) is 1.66. The lowest BCUT2D eigenvalue weighted by Crippen LogP contribution is -2.18. The molecule has 0 aliphatic carbocycles. The molecule has 4 heteroatoms. The third-order valence-corrected chi connectivity index (χ3v) is 3.56. The van der Waals surface area contributed by atoms with E-state index in [4.69, 9.17) is 4.74 Å². The van der Waals surface area contributed by atoms with Crippen LogP contribution in [-0.4, -0.2) is 18.6 Å². The van der Waals surface area contributed by atoms with E-state index in [1.807, 2.05) is 0 Å². The fraction of sp³-hybridized carbons (Fsp3) is 0.750. The van der Waals surface area contributed by atoms with Crippen LogP contribution in [0.5, 0.6) is 0 Å². The molecule has 0 aliphatic heterocycles. The van der Waals surface area contributed by atoms with E-state index in [0.717, 1.165) is 30.1 Å². The lowest BCUT2D eigenvalue weighted by Gasteiger charge is -2.11. The highest BCUT2D eigenvalue weighted by Crippen LogP contribution is 2.27. The second-order valence-corrected chi connectivity index (χ2v) is 4.79. The van der Waals surface area contributed by atoms with Crippen molar-refractivity contribution in [3.05, 3.63) is 16.1 Å². The molecule has 16 heavy (non-hydrogen) atoms. The van der Waals surface area contributed by atoms with Crippen LogP contribution in [0.2, 0.25) is 0 Å². The van der Waals surface area contributed by atoms with Gasteiger partial charge in [0.15, 0.2) is 0 Å². The first-order chi connectivity index (χ1) is 7.72. The Labute approximate surface area is 102 Å². The minimum Gasteiger partial charge on any atom is -0.374 e. The highest BCUT2D eigenvalue weighted by Gasteiger charge is 2.15. The molecule has 1 N–H and O–H groups in total. The maximum atomic E-state index is 5.46. The molecule has 0 spiro atoms. The van der Waals surface area contributed by atoms with Gasteiger partial charge in [-0.2, -0.15) is 0 Å². The van der Waals surface area contributed by atoms with Gasteiger partial charge >= 0.3 is 0 Å². The van der Waals surface area contributed by atoms with Crippen LogP contribution in [0.3, 0.4) is 0 Å². The standard InChI is InChI=1S/C12H22N2OS/c1-5-7-11(15-4)12-14-10(8-16-12)9(3)13-6-2/h8-9,11,13H,5-7H2,1-4H3. The van der Waals surface area contributed by atoms with Gasteiger partial charge in [-0.25, -0.2) is 4.98 Å². The normalized spacial score (nSPS) is 15.0. The van der Waals surface area contributed by atoms with E-state index >= 15 is 0 Å². The Morgan fingerprint density at radius 2 is 2.25 bits per heavy atom. The number of ether oxygens (including phenoxy) is 1. The van der Waals surface area contributed by atoms with Crippen molar-refractivity contribution < 1.29 is 4.74 Å². The van der Waals surface area contributed by atoms with Gasteiger partial charge in [-0.1, -0.05) is 20.3 Å². The first kappa shape index (κ1) is 13.6. The minimum absolute atomic E-state index is 0.164. The van der Waals surface area contributed by atoms with Gasteiger partial charge in [-0.15, -0.1) is 11.3 Å². The van der Waals surface area contributed by atoms with Gasteiger partial charge < -0.3 is 10.1 Å². The predicted octanol–water partition coefficient (Wildman–Crippen LogP) is 3.30. The van der Waals surface area contributed by atoms with E-state index in [0.29, 0.717) is 6.04 Å². The predicted molar refractivity (Wildman–Crippen MR) is 68.9 cm³/mol. The minimum atomic E-state index is 0.164. The Balaban J connectivity index is 2.68. The number of rotatable bonds is 7.